The average Bonchev–Trinajstić information content (AvgIpc) is 2.81. The number of nitrogen functional groups attached to an aromatic ring is 1. The molecule has 0 spiro atoms. The van der Waals surface area contributed by atoms with Gasteiger partial charge in [-0.1, -0.05) is 0 Å². The first-order valence-electron chi connectivity index (χ1n) is 5.50. The topological polar surface area (TPSA) is 145 Å². The number of hydrogen-bond donors (Lipinski definition) is 5. The minimum atomic E-state index is -0.727. The number of aliphatic hydroxyl groups excluding tert-OH is 1. The van der Waals surface area contributed by atoms with Gasteiger partial charge in [-0.3, -0.25) is 9.78 Å². The summed E-state index contributed by atoms with van der Waals surface area (Å²) in [5, 5.41) is 16.9. The molecule has 0 amide bonds. The number of anilines is 1. The van der Waals surface area contributed by atoms with Crippen LogP contribution in [0.3, 0.4) is 0 Å². The van der Waals surface area contributed by atoms with Gasteiger partial charge in [0.15, 0.2) is 0 Å². The fourth-order valence-electron chi connectivity index (χ4n) is 1.92. The smallest absolute Gasteiger partial charge is 0.326 e. The van der Waals surface area contributed by atoms with E-state index in [1.54, 1.807) is 0 Å². The second kappa shape index (κ2) is 4.75. The van der Waals surface area contributed by atoms with Gasteiger partial charge in [-0.2, -0.15) is 0 Å². The fraction of sp³-hybridized carbons (Fsp3) is 0.500. The molecule has 1 aromatic rings. The van der Waals surface area contributed by atoms with Crippen LogP contribution in [0.25, 0.3) is 0 Å². The lowest BCUT2D eigenvalue weighted by Gasteiger charge is -2.14. The number of nitrogens with one attached hydrogen (secondary N) is 3. The number of hydrogen-bond acceptors (Lipinski definition) is 6. The Kier molecular flexibility index (Phi) is 3.30. The molecule has 1 saturated heterocycles. The van der Waals surface area contributed by atoms with Gasteiger partial charge in [0.1, 0.15) is 11.8 Å². The second-order valence-electron chi connectivity index (χ2n) is 4.12. The fourth-order valence-corrected chi connectivity index (χ4v) is 1.92. The van der Waals surface area contributed by atoms with Gasteiger partial charge in [0, 0.05) is 0 Å². The highest BCUT2D eigenvalue weighted by Crippen LogP contribution is 2.22. The molecule has 1 aliphatic heterocycles. The number of rotatable bonds is 3. The van der Waals surface area contributed by atoms with Gasteiger partial charge in [0.25, 0.3) is 5.56 Å². The van der Waals surface area contributed by atoms with Crippen LogP contribution in [0.5, 0.6) is 0 Å². The Labute approximate surface area is 101 Å². The van der Waals surface area contributed by atoms with E-state index in [1.165, 1.54) is 0 Å². The van der Waals surface area contributed by atoms with Gasteiger partial charge in [0.05, 0.1) is 24.1 Å². The molecular formula is C10H14N4O4. The lowest BCUT2D eigenvalue weighted by Crippen LogP contribution is -2.32. The van der Waals surface area contributed by atoms with E-state index in [4.69, 9.17) is 21.0 Å². The summed E-state index contributed by atoms with van der Waals surface area (Å²) in [7, 11) is 0. The first-order chi connectivity index (χ1) is 8.52. The van der Waals surface area contributed by atoms with Gasteiger partial charge >= 0.3 is 5.69 Å². The maximum atomic E-state index is 11.3. The van der Waals surface area contributed by atoms with Crippen molar-refractivity contribution in [2.75, 3.05) is 12.3 Å². The second-order valence-corrected chi connectivity index (χ2v) is 4.12. The monoisotopic (exact) mass is 254 g/mol. The number of aliphatic hydroxyl groups is 1. The summed E-state index contributed by atoms with van der Waals surface area (Å²) in [6.07, 6.45) is 0.280. The molecular weight excluding hydrogens is 240 g/mol. The average molecular weight is 254 g/mol. The summed E-state index contributed by atoms with van der Waals surface area (Å²) in [5.41, 5.74) is 3.80. The van der Waals surface area contributed by atoms with Crippen LogP contribution in [0, 0.1) is 5.41 Å². The van der Waals surface area contributed by atoms with E-state index in [-0.39, 0.29) is 29.8 Å². The highest BCUT2D eigenvalue weighted by atomic mass is 16.5. The molecule has 8 heteroatoms. The predicted molar refractivity (Wildman–Crippen MR) is 63.9 cm³/mol. The number of aromatic amines is 2. The molecule has 0 aromatic carbocycles. The largest absolute Gasteiger partial charge is 0.394 e. The minimum absolute atomic E-state index is 0.0210. The van der Waals surface area contributed by atoms with Gasteiger partial charge in [-0.05, 0) is 12.8 Å². The molecule has 1 aromatic heterocycles. The van der Waals surface area contributed by atoms with Crippen LogP contribution >= 0.6 is 0 Å². The Balaban J connectivity index is 2.30. The summed E-state index contributed by atoms with van der Waals surface area (Å²) in [5.74, 6) is 0. The molecule has 8 nitrogen and oxygen atoms in total. The number of ether oxygens (including phenoxy) is 1. The van der Waals surface area contributed by atoms with Crippen molar-refractivity contribution in [1.82, 2.24) is 9.97 Å². The lowest BCUT2D eigenvalue weighted by molar-refractivity contribution is 0.0381. The molecule has 1 fully saturated rings. The Hall–Kier alpha value is -1.93. The number of H-pyrrole nitrogens is 2. The van der Waals surface area contributed by atoms with Crippen LogP contribution in [0.1, 0.15) is 18.5 Å². The molecule has 18 heavy (non-hydrogen) atoms. The van der Waals surface area contributed by atoms with Crippen molar-refractivity contribution in [2.45, 2.75) is 25.0 Å². The first-order valence-corrected chi connectivity index (χ1v) is 5.50. The molecule has 2 atom stereocenters. The molecule has 0 bridgehead atoms. The van der Waals surface area contributed by atoms with E-state index in [0.29, 0.717) is 12.8 Å². The zero-order valence-electron chi connectivity index (χ0n) is 9.53. The molecule has 98 valence electrons. The first kappa shape index (κ1) is 12.5. The highest BCUT2D eigenvalue weighted by Gasteiger charge is 2.30. The predicted octanol–water partition coefficient (Wildman–Crippen LogP) is -1.45. The summed E-state index contributed by atoms with van der Waals surface area (Å²) in [6, 6.07) is 0. The van der Waals surface area contributed by atoms with E-state index in [1.807, 2.05) is 4.98 Å². The maximum absolute atomic E-state index is 11.3. The lowest BCUT2D eigenvalue weighted by atomic mass is 10.1. The Morgan fingerprint density at radius 3 is 2.78 bits per heavy atom. The zero-order chi connectivity index (χ0) is 13.3. The Bertz CT molecular complexity index is 576. The molecule has 2 unspecified atom stereocenters. The molecule has 0 saturated carbocycles. The van der Waals surface area contributed by atoms with Crippen LogP contribution in [0.4, 0.5) is 5.69 Å². The van der Waals surface area contributed by atoms with Crippen molar-refractivity contribution >= 4 is 11.4 Å². The maximum Gasteiger partial charge on any atom is 0.326 e. The van der Waals surface area contributed by atoms with Gasteiger partial charge in [0.2, 0.25) is 0 Å². The quantitative estimate of drug-likeness (QED) is 0.419. The summed E-state index contributed by atoms with van der Waals surface area (Å²) >= 11 is 0. The standard InChI is InChI=1S/C10H14N4O4/c11-6(5-2-1-4(3-15)18-5)8-7(12)9(16)14-10(17)13-8/h4-5,11,15H,1-3,12H2,(H2,13,14,16,17). The molecule has 0 aliphatic carbocycles. The van der Waals surface area contributed by atoms with Gasteiger partial charge in [-0.25, -0.2) is 4.79 Å². The van der Waals surface area contributed by atoms with E-state index in [2.05, 4.69) is 4.98 Å². The summed E-state index contributed by atoms with van der Waals surface area (Å²) in [6.45, 7) is -0.120. The van der Waals surface area contributed by atoms with E-state index in [0.717, 1.165) is 0 Å². The third kappa shape index (κ3) is 2.20. The Morgan fingerprint density at radius 2 is 2.17 bits per heavy atom. The normalized spacial score (nSPS) is 23.2. The minimum Gasteiger partial charge on any atom is -0.394 e. The molecule has 2 rings (SSSR count). The van der Waals surface area contributed by atoms with Crippen molar-refractivity contribution in [3.05, 3.63) is 26.5 Å². The molecule has 2 heterocycles. The highest BCUT2D eigenvalue weighted by molar-refractivity contribution is 6.03. The van der Waals surface area contributed by atoms with E-state index in [9.17, 15) is 9.59 Å². The number of nitrogens with two attached hydrogens (primary N) is 1. The Morgan fingerprint density at radius 1 is 1.44 bits per heavy atom. The van der Waals surface area contributed by atoms with Gasteiger partial charge < -0.3 is 26.0 Å². The van der Waals surface area contributed by atoms with Crippen LogP contribution in [-0.4, -0.2) is 39.6 Å². The van der Waals surface area contributed by atoms with Crippen LogP contribution in [-0.2, 0) is 4.74 Å². The van der Waals surface area contributed by atoms with Crippen molar-refractivity contribution in [2.24, 2.45) is 0 Å². The van der Waals surface area contributed by atoms with E-state index >= 15 is 0 Å². The SMILES string of the molecule is N=C(c1[nH]c(=O)[nH]c(=O)c1N)C1CCC(CO)O1. The zero-order valence-corrected chi connectivity index (χ0v) is 9.53. The number of aromatic nitrogens is 2. The van der Waals surface area contributed by atoms with Crippen LogP contribution in [0.15, 0.2) is 9.59 Å². The molecule has 6 N–H and O–H groups in total. The third-order valence-corrected chi connectivity index (χ3v) is 2.88. The van der Waals surface area contributed by atoms with Crippen molar-refractivity contribution in [3.8, 4) is 0 Å². The van der Waals surface area contributed by atoms with Crippen LogP contribution < -0.4 is 17.0 Å². The van der Waals surface area contributed by atoms with E-state index < -0.39 is 17.4 Å². The van der Waals surface area contributed by atoms with Crippen molar-refractivity contribution in [1.29, 1.82) is 5.41 Å². The van der Waals surface area contributed by atoms with Crippen molar-refractivity contribution < 1.29 is 9.84 Å². The summed E-state index contributed by atoms with van der Waals surface area (Å²) < 4.78 is 5.40. The van der Waals surface area contributed by atoms with Gasteiger partial charge in [-0.15, -0.1) is 0 Å². The summed E-state index contributed by atoms with van der Waals surface area (Å²) in [4.78, 5) is 26.8. The molecule has 1 aliphatic rings. The van der Waals surface area contributed by atoms with Crippen molar-refractivity contribution in [3.63, 3.8) is 0 Å². The van der Waals surface area contributed by atoms with Crippen LogP contribution in [0.2, 0.25) is 0 Å². The molecule has 0 radical (unpaired) electrons. The third-order valence-electron chi connectivity index (χ3n) is 2.88.